The van der Waals surface area contributed by atoms with Crippen molar-refractivity contribution >= 4 is 11.6 Å². The molecule has 4 heteroatoms. The van der Waals surface area contributed by atoms with Crippen molar-refractivity contribution in [1.82, 2.24) is 4.90 Å². The molecule has 1 aromatic carbocycles. The molecule has 0 fully saturated rings. The van der Waals surface area contributed by atoms with Crippen molar-refractivity contribution in [1.29, 1.82) is 0 Å². The maximum atomic E-state index is 5.95. The lowest BCUT2D eigenvalue weighted by atomic mass is 10.2. The number of likely N-dealkylation sites (N-methyl/N-ethyl adjacent to an activating group) is 1. The van der Waals surface area contributed by atoms with Gasteiger partial charge in [-0.1, -0.05) is 11.6 Å². The van der Waals surface area contributed by atoms with Gasteiger partial charge < -0.3 is 15.4 Å². The van der Waals surface area contributed by atoms with Crippen LogP contribution >= 0.6 is 11.6 Å². The van der Waals surface area contributed by atoms with Crippen LogP contribution in [-0.2, 0) is 0 Å². The molecule has 0 saturated carbocycles. The Bertz CT molecular complexity index is 355. The molecule has 96 valence electrons. The van der Waals surface area contributed by atoms with Crippen LogP contribution in [0.2, 0.25) is 5.02 Å². The summed E-state index contributed by atoms with van der Waals surface area (Å²) >= 11 is 5.95. The second-order valence-electron chi connectivity index (χ2n) is 4.40. The summed E-state index contributed by atoms with van der Waals surface area (Å²) in [6, 6.07) is 6.07. The average Bonchev–Trinajstić information content (AvgIpc) is 2.28. The van der Waals surface area contributed by atoms with Crippen molar-refractivity contribution in [2.24, 2.45) is 5.73 Å². The average molecular weight is 257 g/mol. The normalized spacial score (nSPS) is 12.8. The Morgan fingerprint density at radius 1 is 1.41 bits per heavy atom. The first-order valence-electron chi connectivity index (χ1n) is 5.80. The van der Waals surface area contributed by atoms with E-state index in [0.717, 1.165) is 22.8 Å². The molecule has 17 heavy (non-hydrogen) atoms. The Morgan fingerprint density at radius 2 is 2.12 bits per heavy atom. The molecule has 0 spiro atoms. The van der Waals surface area contributed by atoms with Crippen molar-refractivity contribution in [3.8, 4) is 5.75 Å². The molecule has 0 radical (unpaired) electrons. The molecule has 1 aromatic rings. The summed E-state index contributed by atoms with van der Waals surface area (Å²) in [5.41, 5.74) is 6.72. The van der Waals surface area contributed by atoms with Gasteiger partial charge in [0.15, 0.2) is 0 Å². The van der Waals surface area contributed by atoms with E-state index in [-0.39, 0.29) is 0 Å². The van der Waals surface area contributed by atoms with E-state index in [1.807, 2.05) is 39.2 Å². The largest absolute Gasteiger partial charge is 0.494 e. The lowest BCUT2D eigenvalue weighted by molar-refractivity contribution is 0.225. The van der Waals surface area contributed by atoms with Gasteiger partial charge in [0.25, 0.3) is 0 Å². The van der Waals surface area contributed by atoms with Crippen molar-refractivity contribution < 1.29 is 4.74 Å². The standard InChI is InChI=1S/C13H21ClN2O/c1-10-8-12(4-5-13(10)14)17-7-6-11(9-15)16(2)3/h4-5,8,11H,6-7,9,15H2,1-3H3. The predicted molar refractivity (Wildman–Crippen MR) is 72.8 cm³/mol. The molecule has 0 aromatic heterocycles. The van der Waals surface area contributed by atoms with Crippen LogP contribution in [0.3, 0.4) is 0 Å². The molecule has 0 aliphatic rings. The Kier molecular flexibility index (Phi) is 5.75. The van der Waals surface area contributed by atoms with Crippen LogP contribution in [0.5, 0.6) is 5.75 Å². The van der Waals surface area contributed by atoms with Crippen LogP contribution in [0.1, 0.15) is 12.0 Å². The summed E-state index contributed by atoms with van der Waals surface area (Å²) in [5, 5.41) is 0.769. The third-order valence-corrected chi connectivity index (χ3v) is 3.28. The third-order valence-electron chi connectivity index (χ3n) is 2.85. The zero-order valence-electron chi connectivity index (χ0n) is 10.7. The van der Waals surface area contributed by atoms with Gasteiger partial charge in [-0.05, 0) is 51.2 Å². The summed E-state index contributed by atoms with van der Waals surface area (Å²) in [5.74, 6) is 0.862. The number of rotatable bonds is 6. The number of hydrogen-bond acceptors (Lipinski definition) is 3. The molecule has 2 N–H and O–H groups in total. The molecule has 1 unspecified atom stereocenters. The molecule has 0 heterocycles. The minimum Gasteiger partial charge on any atom is -0.494 e. The number of benzene rings is 1. The minimum absolute atomic E-state index is 0.364. The van der Waals surface area contributed by atoms with Crippen molar-refractivity contribution in [3.05, 3.63) is 28.8 Å². The van der Waals surface area contributed by atoms with E-state index in [9.17, 15) is 0 Å². The van der Waals surface area contributed by atoms with Crippen molar-refractivity contribution in [2.75, 3.05) is 27.2 Å². The number of nitrogens with two attached hydrogens (primary N) is 1. The van der Waals surface area contributed by atoms with Crippen LogP contribution in [0.4, 0.5) is 0 Å². The van der Waals surface area contributed by atoms with Gasteiger partial charge in [-0.25, -0.2) is 0 Å². The van der Waals surface area contributed by atoms with E-state index in [1.54, 1.807) is 0 Å². The third kappa shape index (κ3) is 4.54. The second-order valence-corrected chi connectivity index (χ2v) is 4.81. The van der Waals surface area contributed by atoms with Gasteiger partial charge in [0.05, 0.1) is 6.61 Å². The Balaban J connectivity index is 2.42. The highest BCUT2D eigenvalue weighted by Crippen LogP contribution is 2.21. The molecule has 0 bridgehead atoms. The van der Waals surface area contributed by atoms with Crippen LogP contribution in [0, 0.1) is 6.92 Å². The van der Waals surface area contributed by atoms with Crippen LogP contribution in [0.15, 0.2) is 18.2 Å². The van der Waals surface area contributed by atoms with E-state index in [2.05, 4.69) is 4.90 Å². The van der Waals surface area contributed by atoms with Gasteiger partial charge in [0.1, 0.15) is 5.75 Å². The Labute approximate surface area is 109 Å². The van der Waals surface area contributed by atoms with Gasteiger partial charge in [-0.3, -0.25) is 0 Å². The van der Waals surface area contributed by atoms with Gasteiger partial charge in [-0.2, -0.15) is 0 Å². The zero-order valence-corrected chi connectivity index (χ0v) is 11.5. The number of hydrogen-bond donors (Lipinski definition) is 1. The maximum Gasteiger partial charge on any atom is 0.119 e. The molecule has 0 amide bonds. The lowest BCUT2D eigenvalue weighted by Crippen LogP contribution is -2.36. The molecule has 0 aliphatic carbocycles. The Morgan fingerprint density at radius 3 is 2.65 bits per heavy atom. The number of aryl methyl sites for hydroxylation is 1. The monoisotopic (exact) mass is 256 g/mol. The van der Waals surface area contributed by atoms with Crippen LogP contribution in [-0.4, -0.2) is 38.2 Å². The molecule has 0 saturated heterocycles. The van der Waals surface area contributed by atoms with Crippen LogP contribution in [0.25, 0.3) is 0 Å². The van der Waals surface area contributed by atoms with Gasteiger partial charge in [0, 0.05) is 17.6 Å². The van der Waals surface area contributed by atoms with E-state index in [4.69, 9.17) is 22.1 Å². The SMILES string of the molecule is Cc1cc(OCCC(CN)N(C)C)ccc1Cl. The summed E-state index contributed by atoms with van der Waals surface area (Å²) < 4.78 is 5.68. The fourth-order valence-electron chi connectivity index (χ4n) is 1.61. The zero-order chi connectivity index (χ0) is 12.8. The first-order chi connectivity index (χ1) is 8.04. The first kappa shape index (κ1) is 14.3. The molecular weight excluding hydrogens is 236 g/mol. The summed E-state index contributed by atoms with van der Waals surface area (Å²) in [6.45, 7) is 3.29. The summed E-state index contributed by atoms with van der Waals surface area (Å²) in [4.78, 5) is 2.12. The lowest BCUT2D eigenvalue weighted by Gasteiger charge is -2.22. The topological polar surface area (TPSA) is 38.5 Å². The maximum absolute atomic E-state index is 5.95. The summed E-state index contributed by atoms with van der Waals surface area (Å²) in [6.07, 6.45) is 0.922. The molecule has 3 nitrogen and oxygen atoms in total. The Hall–Kier alpha value is -0.770. The number of ether oxygens (including phenoxy) is 1. The van der Waals surface area contributed by atoms with Crippen LogP contribution < -0.4 is 10.5 Å². The highest BCUT2D eigenvalue weighted by Gasteiger charge is 2.09. The minimum atomic E-state index is 0.364. The predicted octanol–water partition coefficient (Wildman–Crippen LogP) is 2.31. The number of halogens is 1. The smallest absolute Gasteiger partial charge is 0.119 e. The van der Waals surface area contributed by atoms with E-state index < -0.39 is 0 Å². The fourth-order valence-corrected chi connectivity index (χ4v) is 1.72. The summed E-state index contributed by atoms with van der Waals surface area (Å²) in [7, 11) is 4.06. The molecule has 1 rings (SSSR count). The highest BCUT2D eigenvalue weighted by molar-refractivity contribution is 6.31. The van der Waals surface area contributed by atoms with Crippen molar-refractivity contribution in [2.45, 2.75) is 19.4 Å². The van der Waals surface area contributed by atoms with Crippen molar-refractivity contribution in [3.63, 3.8) is 0 Å². The van der Waals surface area contributed by atoms with E-state index >= 15 is 0 Å². The second kappa shape index (κ2) is 6.84. The first-order valence-corrected chi connectivity index (χ1v) is 6.18. The fraction of sp³-hybridized carbons (Fsp3) is 0.538. The quantitative estimate of drug-likeness (QED) is 0.849. The molecule has 0 aliphatic heterocycles. The van der Waals surface area contributed by atoms with Gasteiger partial charge in [-0.15, -0.1) is 0 Å². The van der Waals surface area contributed by atoms with E-state index in [0.29, 0.717) is 19.2 Å². The van der Waals surface area contributed by atoms with Gasteiger partial charge >= 0.3 is 0 Å². The molecule has 1 atom stereocenters. The van der Waals surface area contributed by atoms with E-state index in [1.165, 1.54) is 0 Å². The molecular formula is C13H21ClN2O. The number of nitrogens with zero attached hydrogens (tertiary/aromatic N) is 1. The van der Waals surface area contributed by atoms with Gasteiger partial charge in [0.2, 0.25) is 0 Å². The highest BCUT2D eigenvalue weighted by atomic mass is 35.5.